The van der Waals surface area contributed by atoms with E-state index >= 15 is 0 Å². The third-order valence-corrected chi connectivity index (χ3v) is 4.28. The first-order chi connectivity index (χ1) is 13.0. The smallest absolute Gasteiger partial charge is 0.248 e. The molecule has 2 aromatic heterocycles. The first-order valence-corrected chi connectivity index (χ1v) is 8.71. The van der Waals surface area contributed by atoms with E-state index in [1.54, 1.807) is 23.3 Å². The Morgan fingerprint density at radius 2 is 2.11 bits per heavy atom. The molecule has 140 valence electrons. The van der Waals surface area contributed by atoms with Crippen molar-refractivity contribution in [3.8, 4) is 5.75 Å². The molecule has 1 aromatic carbocycles. The molecule has 27 heavy (non-hydrogen) atoms. The van der Waals surface area contributed by atoms with Crippen LogP contribution in [0.25, 0.3) is 6.08 Å². The topological polar surface area (TPSA) is 74.0 Å². The maximum absolute atomic E-state index is 12.3. The molecule has 3 rings (SSSR count). The Balaban J connectivity index is 1.62. The van der Waals surface area contributed by atoms with E-state index in [2.05, 4.69) is 15.4 Å². The predicted octanol–water partition coefficient (Wildman–Crippen LogP) is 2.96. The fraction of sp³-hybridized carbons (Fsp3) is 0.250. The molecule has 0 saturated heterocycles. The van der Waals surface area contributed by atoms with Crippen molar-refractivity contribution in [2.24, 2.45) is 7.05 Å². The number of hydrogen-bond acceptors (Lipinski definition) is 4. The zero-order chi connectivity index (χ0) is 19.2. The molecule has 0 atom stereocenters. The van der Waals surface area contributed by atoms with Gasteiger partial charge in [0.05, 0.1) is 24.3 Å². The summed E-state index contributed by atoms with van der Waals surface area (Å²) in [7, 11) is 1.89. The summed E-state index contributed by atoms with van der Waals surface area (Å²) in [5.74, 6) is 0.413. The molecular weight excluding hydrogens is 342 g/mol. The summed E-state index contributed by atoms with van der Waals surface area (Å²) < 4.78 is 9.55. The molecule has 1 N–H and O–H groups in total. The van der Waals surface area contributed by atoms with Gasteiger partial charge in [-0.1, -0.05) is 12.1 Å². The molecule has 0 aliphatic rings. The third-order valence-electron chi connectivity index (χ3n) is 4.28. The van der Waals surface area contributed by atoms with Crippen LogP contribution in [0.3, 0.4) is 0 Å². The average Bonchev–Trinajstić information content (AvgIpc) is 3.24. The van der Waals surface area contributed by atoms with Gasteiger partial charge in [-0.3, -0.25) is 9.48 Å². The lowest BCUT2D eigenvalue weighted by atomic mass is 10.2. The van der Waals surface area contributed by atoms with Gasteiger partial charge in [-0.15, -0.1) is 0 Å². The van der Waals surface area contributed by atoms with E-state index in [0.29, 0.717) is 24.6 Å². The van der Waals surface area contributed by atoms with Crippen LogP contribution < -0.4 is 10.1 Å². The van der Waals surface area contributed by atoms with Crippen LogP contribution in [0, 0.1) is 13.8 Å². The fourth-order valence-electron chi connectivity index (χ4n) is 2.74. The number of imidazole rings is 1. The highest BCUT2D eigenvalue weighted by Gasteiger charge is 2.08. The first-order valence-electron chi connectivity index (χ1n) is 8.71. The van der Waals surface area contributed by atoms with E-state index in [1.165, 1.54) is 6.08 Å². The maximum atomic E-state index is 12.3. The minimum atomic E-state index is -0.219. The molecule has 0 bridgehead atoms. The van der Waals surface area contributed by atoms with E-state index in [4.69, 9.17) is 4.74 Å². The first kappa shape index (κ1) is 18.4. The molecule has 0 aliphatic carbocycles. The van der Waals surface area contributed by atoms with Gasteiger partial charge in [-0.2, -0.15) is 5.10 Å². The van der Waals surface area contributed by atoms with Crippen molar-refractivity contribution in [3.63, 3.8) is 0 Å². The Hall–Kier alpha value is -3.35. The Kier molecular flexibility index (Phi) is 5.71. The largest absolute Gasteiger partial charge is 0.490 e. The number of amides is 1. The summed E-state index contributed by atoms with van der Waals surface area (Å²) in [6.07, 6.45) is 8.65. The molecular formula is C20H23N5O2. The minimum absolute atomic E-state index is 0.219. The van der Waals surface area contributed by atoms with Gasteiger partial charge in [0.25, 0.3) is 0 Å². The van der Waals surface area contributed by atoms with Crippen molar-refractivity contribution in [2.75, 3.05) is 11.9 Å². The van der Waals surface area contributed by atoms with Crippen LogP contribution in [-0.4, -0.2) is 31.8 Å². The number of nitrogens with one attached hydrogen (secondary N) is 1. The lowest BCUT2D eigenvalue weighted by Gasteiger charge is -2.11. The highest BCUT2D eigenvalue weighted by atomic mass is 16.5. The maximum Gasteiger partial charge on any atom is 0.248 e. The zero-order valence-electron chi connectivity index (χ0n) is 15.7. The van der Waals surface area contributed by atoms with E-state index in [9.17, 15) is 4.79 Å². The number of aryl methyl sites for hydroxylation is 2. The lowest BCUT2D eigenvalue weighted by molar-refractivity contribution is -0.111. The summed E-state index contributed by atoms with van der Waals surface area (Å²) in [4.78, 5) is 16.3. The number of carbonyl (C=O) groups is 1. The summed E-state index contributed by atoms with van der Waals surface area (Å²) in [5.41, 5.74) is 3.50. The highest BCUT2D eigenvalue weighted by molar-refractivity contribution is 6.02. The average molecular weight is 365 g/mol. The van der Waals surface area contributed by atoms with Crippen LogP contribution in [0.5, 0.6) is 5.75 Å². The lowest BCUT2D eigenvalue weighted by Crippen LogP contribution is -2.11. The quantitative estimate of drug-likeness (QED) is 0.653. The summed E-state index contributed by atoms with van der Waals surface area (Å²) in [6, 6.07) is 7.39. The van der Waals surface area contributed by atoms with Crippen molar-refractivity contribution in [1.29, 1.82) is 0 Å². The van der Waals surface area contributed by atoms with Crippen LogP contribution >= 0.6 is 0 Å². The number of nitrogens with zero attached hydrogens (tertiary/aromatic N) is 4. The Bertz CT molecular complexity index is 941. The molecule has 2 heterocycles. The molecule has 7 nitrogen and oxygen atoms in total. The van der Waals surface area contributed by atoms with Gasteiger partial charge >= 0.3 is 0 Å². The van der Waals surface area contributed by atoms with E-state index in [1.807, 2.05) is 55.9 Å². The minimum Gasteiger partial charge on any atom is -0.490 e. The Morgan fingerprint density at radius 3 is 2.81 bits per heavy atom. The number of benzene rings is 1. The number of rotatable bonds is 7. The molecule has 3 aromatic rings. The van der Waals surface area contributed by atoms with Crippen molar-refractivity contribution in [1.82, 2.24) is 19.3 Å². The number of carbonyl (C=O) groups excluding carboxylic acids is 1. The molecule has 0 spiro atoms. The third kappa shape index (κ3) is 4.63. The molecule has 0 aliphatic heterocycles. The molecule has 1 amide bonds. The second kappa shape index (κ2) is 8.35. The van der Waals surface area contributed by atoms with E-state index in [0.717, 1.165) is 17.0 Å². The zero-order valence-corrected chi connectivity index (χ0v) is 15.7. The second-order valence-electron chi connectivity index (χ2n) is 6.18. The summed E-state index contributed by atoms with van der Waals surface area (Å²) >= 11 is 0. The standard InChI is InChI=1S/C20H23N5O2/c1-15-17(16(2)24(3)23-15)8-9-20(26)22-18-6-4-5-7-19(18)27-13-12-25-11-10-21-14-25/h4-11,14H,12-13H2,1-3H3,(H,22,26)/b9-8+. The van der Waals surface area contributed by atoms with Gasteiger partial charge in [0.2, 0.25) is 5.91 Å². The Morgan fingerprint density at radius 1 is 1.30 bits per heavy atom. The number of para-hydroxylation sites is 2. The molecule has 0 unspecified atom stereocenters. The summed E-state index contributed by atoms with van der Waals surface area (Å²) in [5, 5.41) is 7.22. The van der Waals surface area contributed by atoms with Gasteiger partial charge in [0, 0.05) is 36.8 Å². The number of ether oxygens (including phenoxy) is 1. The number of anilines is 1. The molecule has 0 radical (unpaired) electrons. The number of hydrogen-bond donors (Lipinski definition) is 1. The van der Waals surface area contributed by atoms with Gasteiger partial charge < -0.3 is 14.6 Å². The second-order valence-corrected chi connectivity index (χ2v) is 6.18. The molecule has 0 fully saturated rings. The van der Waals surface area contributed by atoms with Crippen molar-refractivity contribution in [3.05, 3.63) is 66.0 Å². The van der Waals surface area contributed by atoms with Crippen molar-refractivity contribution in [2.45, 2.75) is 20.4 Å². The van der Waals surface area contributed by atoms with Crippen LogP contribution in [0.15, 0.2) is 49.1 Å². The van der Waals surface area contributed by atoms with Gasteiger partial charge in [-0.05, 0) is 32.1 Å². The SMILES string of the molecule is Cc1nn(C)c(C)c1/C=C/C(=O)Nc1ccccc1OCCn1ccnc1. The fourth-order valence-corrected chi connectivity index (χ4v) is 2.74. The Labute approximate surface area is 158 Å². The van der Waals surface area contributed by atoms with Crippen molar-refractivity contribution >= 4 is 17.7 Å². The van der Waals surface area contributed by atoms with Crippen LogP contribution in [0.4, 0.5) is 5.69 Å². The normalized spacial score (nSPS) is 11.1. The monoisotopic (exact) mass is 365 g/mol. The van der Waals surface area contributed by atoms with E-state index in [-0.39, 0.29) is 5.91 Å². The summed E-state index contributed by atoms with van der Waals surface area (Å²) in [6.45, 7) is 5.06. The van der Waals surface area contributed by atoms with Crippen molar-refractivity contribution < 1.29 is 9.53 Å². The number of aromatic nitrogens is 4. The van der Waals surface area contributed by atoms with Crippen LogP contribution in [-0.2, 0) is 18.4 Å². The molecule has 0 saturated carbocycles. The van der Waals surface area contributed by atoms with Gasteiger partial charge in [-0.25, -0.2) is 4.98 Å². The van der Waals surface area contributed by atoms with Crippen LogP contribution in [0.2, 0.25) is 0 Å². The van der Waals surface area contributed by atoms with Gasteiger partial charge in [0.15, 0.2) is 0 Å². The van der Waals surface area contributed by atoms with E-state index < -0.39 is 0 Å². The highest BCUT2D eigenvalue weighted by Crippen LogP contribution is 2.24. The van der Waals surface area contributed by atoms with Crippen LogP contribution in [0.1, 0.15) is 17.0 Å². The van der Waals surface area contributed by atoms with Gasteiger partial charge in [0.1, 0.15) is 12.4 Å². The predicted molar refractivity (Wildman–Crippen MR) is 105 cm³/mol. The molecule has 7 heteroatoms.